The first-order valence-electron chi connectivity index (χ1n) is 7.24. The molecule has 0 fully saturated rings. The molecule has 0 spiro atoms. The molecule has 0 saturated heterocycles. The summed E-state index contributed by atoms with van der Waals surface area (Å²) in [4.78, 5) is 9.32. The first kappa shape index (κ1) is 13.6. The smallest absolute Gasteiger partial charge is 0.162 e. The lowest BCUT2D eigenvalue weighted by molar-refractivity contribution is 0.867. The predicted octanol–water partition coefficient (Wildman–Crippen LogP) is 4.46. The highest BCUT2D eigenvalue weighted by Gasteiger charge is 2.08. The molecule has 1 heterocycles. The molecule has 0 aliphatic heterocycles. The van der Waals surface area contributed by atoms with E-state index < -0.39 is 0 Å². The molecule has 0 unspecified atom stereocenters. The maximum absolute atomic E-state index is 4.68. The van der Waals surface area contributed by atoms with Gasteiger partial charge in [0, 0.05) is 18.0 Å². The van der Waals surface area contributed by atoms with Crippen molar-refractivity contribution in [3.8, 4) is 11.4 Å². The van der Waals surface area contributed by atoms with Gasteiger partial charge < -0.3 is 5.32 Å². The van der Waals surface area contributed by atoms with Crippen LogP contribution in [0.15, 0.2) is 48.5 Å². The Hall–Kier alpha value is -2.42. The minimum atomic E-state index is 0.532. The highest BCUT2D eigenvalue weighted by atomic mass is 15.0. The van der Waals surface area contributed by atoms with Gasteiger partial charge in [-0.25, -0.2) is 9.97 Å². The van der Waals surface area contributed by atoms with Gasteiger partial charge >= 0.3 is 0 Å². The Morgan fingerprint density at radius 1 is 0.905 bits per heavy atom. The van der Waals surface area contributed by atoms with Crippen LogP contribution in [0.3, 0.4) is 0 Å². The number of benzene rings is 2. The van der Waals surface area contributed by atoms with Crippen molar-refractivity contribution in [2.75, 3.05) is 12.4 Å². The first-order chi connectivity index (χ1) is 10.2. The first-order valence-corrected chi connectivity index (χ1v) is 7.24. The Balaban J connectivity index is 2.11. The van der Waals surface area contributed by atoms with Crippen LogP contribution in [0.4, 0.5) is 5.82 Å². The van der Waals surface area contributed by atoms with Crippen LogP contribution < -0.4 is 5.32 Å². The van der Waals surface area contributed by atoms with Gasteiger partial charge in [0.05, 0.1) is 5.52 Å². The van der Waals surface area contributed by atoms with Crippen molar-refractivity contribution in [3.05, 3.63) is 54.1 Å². The maximum Gasteiger partial charge on any atom is 0.162 e. The van der Waals surface area contributed by atoms with E-state index in [9.17, 15) is 0 Å². The Morgan fingerprint density at radius 3 is 2.29 bits per heavy atom. The van der Waals surface area contributed by atoms with E-state index in [4.69, 9.17) is 0 Å². The minimum Gasteiger partial charge on any atom is -0.373 e. The summed E-state index contributed by atoms with van der Waals surface area (Å²) in [6, 6.07) is 16.5. The lowest BCUT2D eigenvalue weighted by Gasteiger charge is -2.09. The molecule has 1 N–H and O–H groups in total. The lowest BCUT2D eigenvalue weighted by atomic mass is 10.0. The van der Waals surface area contributed by atoms with Gasteiger partial charge in [-0.05, 0) is 23.6 Å². The van der Waals surface area contributed by atoms with E-state index in [1.807, 2.05) is 31.3 Å². The zero-order chi connectivity index (χ0) is 14.8. The van der Waals surface area contributed by atoms with E-state index in [0.717, 1.165) is 28.1 Å². The number of anilines is 1. The molecule has 0 saturated carbocycles. The van der Waals surface area contributed by atoms with Crippen molar-refractivity contribution in [2.24, 2.45) is 0 Å². The molecule has 3 rings (SSSR count). The predicted molar refractivity (Wildman–Crippen MR) is 88.6 cm³/mol. The van der Waals surface area contributed by atoms with E-state index in [1.54, 1.807) is 0 Å². The third-order valence-electron chi connectivity index (χ3n) is 3.68. The second-order valence-corrected chi connectivity index (χ2v) is 5.44. The number of rotatable bonds is 3. The van der Waals surface area contributed by atoms with Crippen LogP contribution in [-0.4, -0.2) is 17.0 Å². The third kappa shape index (κ3) is 2.59. The van der Waals surface area contributed by atoms with Gasteiger partial charge in [-0.1, -0.05) is 50.2 Å². The number of nitrogens with zero attached hydrogens (tertiary/aromatic N) is 2. The Morgan fingerprint density at radius 2 is 1.62 bits per heavy atom. The molecule has 21 heavy (non-hydrogen) atoms. The quantitative estimate of drug-likeness (QED) is 0.768. The number of nitrogens with one attached hydrogen (secondary N) is 1. The summed E-state index contributed by atoms with van der Waals surface area (Å²) in [7, 11) is 1.89. The summed E-state index contributed by atoms with van der Waals surface area (Å²) in [5, 5.41) is 4.20. The van der Waals surface area contributed by atoms with Crippen LogP contribution in [0.5, 0.6) is 0 Å². The number of aromatic nitrogens is 2. The van der Waals surface area contributed by atoms with Crippen LogP contribution in [0.2, 0.25) is 0 Å². The van der Waals surface area contributed by atoms with E-state index in [1.165, 1.54) is 5.56 Å². The molecule has 3 nitrogen and oxygen atoms in total. The number of hydrogen-bond donors (Lipinski definition) is 1. The molecule has 0 amide bonds. The molecule has 106 valence electrons. The standard InChI is InChI=1S/C18H19N3/c1-12(2)13-8-10-14(11-9-13)17-20-16-7-5-4-6-15(16)18(19-3)21-17/h4-12H,1-3H3,(H,19,20,21). The monoisotopic (exact) mass is 277 g/mol. The van der Waals surface area contributed by atoms with Gasteiger partial charge in [0.1, 0.15) is 5.82 Å². The van der Waals surface area contributed by atoms with Crippen LogP contribution in [0.25, 0.3) is 22.3 Å². The molecule has 2 aromatic carbocycles. The summed E-state index contributed by atoms with van der Waals surface area (Å²) in [5.74, 6) is 2.15. The summed E-state index contributed by atoms with van der Waals surface area (Å²) >= 11 is 0. The van der Waals surface area contributed by atoms with Crippen molar-refractivity contribution in [1.82, 2.24) is 9.97 Å². The Bertz CT molecular complexity index is 761. The molecular weight excluding hydrogens is 258 g/mol. The van der Waals surface area contributed by atoms with Gasteiger partial charge in [0.2, 0.25) is 0 Å². The van der Waals surface area contributed by atoms with Crippen LogP contribution >= 0.6 is 0 Å². The fraction of sp³-hybridized carbons (Fsp3) is 0.222. The summed E-state index contributed by atoms with van der Waals surface area (Å²) in [6.07, 6.45) is 0. The molecular formula is C18H19N3. The third-order valence-corrected chi connectivity index (χ3v) is 3.68. The Labute approximate surface area is 125 Å². The van der Waals surface area contributed by atoms with Gasteiger partial charge in [-0.2, -0.15) is 0 Å². The average molecular weight is 277 g/mol. The zero-order valence-corrected chi connectivity index (χ0v) is 12.6. The van der Waals surface area contributed by atoms with Crippen molar-refractivity contribution >= 4 is 16.7 Å². The van der Waals surface area contributed by atoms with E-state index in [0.29, 0.717) is 5.92 Å². The van der Waals surface area contributed by atoms with Gasteiger partial charge in [0.15, 0.2) is 5.82 Å². The highest BCUT2D eigenvalue weighted by molar-refractivity contribution is 5.90. The van der Waals surface area contributed by atoms with Gasteiger partial charge in [-0.3, -0.25) is 0 Å². The topological polar surface area (TPSA) is 37.8 Å². The fourth-order valence-corrected chi connectivity index (χ4v) is 2.41. The zero-order valence-electron chi connectivity index (χ0n) is 12.6. The highest BCUT2D eigenvalue weighted by Crippen LogP contribution is 2.25. The lowest BCUT2D eigenvalue weighted by Crippen LogP contribution is -1.98. The van der Waals surface area contributed by atoms with Crippen LogP contribution in [0.1, 0.15) is 25.3 Å². The number of hydrogen-bond acceptors (Lipinski definition) is 3. The van der Waals surface area contributed by atoms with E-state index in [-0.39, 0.29) is 0 Å². The molecule has 3 aromatic rings. The van der Waals surface area contributed by atoms with Crippen LogP contribution in [0, 0.1) is 0 Å². The summed E-state index contributed by atoms with van der Waals surface area (Å²) in [6.45, 7) is 4.39. The van der Waals surface area contributed by atoms with Gasteiger partial charge in [-0.15, -0.1) is 0 Å². The van der Waals surface area contributed by atoms with Crippen molar-refractivity contribution in [1.29, 1.82) is 0 Å². The molecule has 3 heteroatoms. The largest absolute Gasteiger partial charge is 0.373 e. The van der Waals surface area contributed by atoms with Crippen molar-refractivity contribution < 1.29 is 0 Å². The second kappa shape index (κ2) is 5.52. The number of fused-ring (bicyclic) bond motifs is 1. The molecule has 0 aliphatic rings. The maximum atomic E-state index is 4.68. The minimum absolute atomic E-state index is 0.532. The fourth-order valence-electron chi connectivity index (χ4n) is 2.41. The summed E-state index contributed by atoms with van der Waals surface area (Å²) < 4.78 is 0. The normalized spacial score (nSPS) is 11.0. The Kier molecular flexibility index (Phi) is 3.57. The van der Waals surface area contributed by atoms with E-state index in [2.05, 4.69) is 53.4 Å². The molecule has 0 radical (unpaired) electrons. The SMILES string of the molecule is CNc1nc(-c2ccc(C(C)C)cc2)nc2ccccc12. The van der Waals surface area contributed by atoms with Crippen LogP contribution in [-0.2, 0) is 0 Å². The summed E-state index contributed by atoms with van der Waals surface area (Å²) in [5.41, 5.74) is 3.33. The molecule has 1 aromatic heterocycles. The molecule has 0 atom stereocenters. The van der Waals surface area contributed by atoms with Crippen molar-refractivity contribution in [2.45, 2.75) is 19.8 Å². The number of para-hydroxylation sites is 1. The van der Waals surface area contributed by atoms with Crippen molar-refractivity contribution in [3.63, 3.8) is 0 Å². The molecule has 0 aliphatic carbocycles. The van der Waals surface area contributed by atoms with Gasteiger partial charge in [0.25, 0.3) is 0 Å². The average Bonchev–Trinajstić information content (AvgIpc) is 2.53. The second-order valence-electron chi connectivity index (χ2n) is 5.44. The van der Waals surface area contributed by atoms with E-state index >= 15 is 0 Å². The molecule has 0 bridgehead atoms.